The Kier molecular flexibility index (Phi) is 3.75. The smallest absolute Gasteiger partial charge is 0.226 e. The third-order valence-electron chi connectivity index (χ3n) is 5.29. The summed E-state index contributed by atoms with van der Waals surface area (Å²) in [7, 11) is 0. The summed E-state index contributed by atoms with van der Waals surface area (Å²) in [6, 6.07) is 1.44. The van der Waals surface area contributed by atoms with Crippen molar-refractivity contribution in [2.45, 2.75) is 57.0 Å². The average Bonchev–Trinajstić information content (AvgIpc) is 3.31. The Morgan fingerprint density at radius 3 is 2.29 bits per heavy atom. The summed E-state index contributed by atoms with van der Waals surface area (Å²) < 4.78 is 3.11. The Bertz CT molecular complexity index is 533. The van der Waals surface area contributed by atoms with Crippen molar-refractivity contribution in [2.24, 2.45) is 0 Å². The van der Waals surface area contributed by atoms with Gasteiger partial charge in [-0.2, -0.15) is 0 Å². The first-order valence-electron chi connectivity index (χ1n) is 8.49. The summed E-state index contributed by atoms with van der Waals surface area (Å²) >= 11 is 5.51. The van der Waals surface area contributed by atoms with E-state index in [0.29, 0.717) is 6.04 Å². The zero-order valence-electron chi connectivity index (χ0n) is 12.6. The van der Waals surface area contributed by atoms with Crippen molar-refractivity contribution in [3.05, 3.63) is 4.77 Å². The summed E-state index contributed by atoms with van der Waals surface area (Å²) in [4.78, 5) is 5.07. The van der Waals surface area contributed by atoms with Gasteiger partial charge in [-0.3, -0.25) is 9.47 Å². The van der Waals surface area contributed by atoms with Crippen LogP contribution in [0.4, 0.5) is 5.95 Å². The molecule has 0 unspecified atom stereocenters. The molecule has 1 aromatic heterocycles. The minimum absolute atomic E-state index is 0.557. The van der Waals surface area contributed by atoms with Crippen LogP contribution in [0.15, 0.2) is 0 Å². The molecule has 0 spiro atoms. The molecule has 0 amide bonds. The van der Waals surface area contributed by atoms with E-state index in [1.54, 1.807) is 0 Å². The van der Waals surface area contributed by atoms with Crippen LogP contribution in [-0.4, -0.2) is 51.9 Å². The van der Waals surface area contributed by atoms with Gasteiger partial charge in [-0.1, -0.05) is 19.3 Å². The lowest BCUT2D eigenvalue weighted by atomic mass is 9.95. The standard InChI is InChI=1S/C15H25N5S/c21-15-17-16-14(20(15)13-4-2-1-3-5-13)19-10-8-18(9-11-19)12-6-7-12/h12-13H,1-11H2,(H,17,21). The molecule has 116 valence electrons. The zero-order chi connectivity index (χ0) is 14.2. The Balaban J connectivity index is 1.51. The topological polar surface area (TPSA) is 40.1 Å². The van der Waals surface area contributed by atoms with Gasteiger partial charge in [-0.15, -0.1) is 5.10 Å². The maximum atomic E-state index is 5.51. The Morgan fingerprint density at radius 2 is 1.62 bits per heavy atom. The molecule has 0 atom stereocenters. The quantitative estimate of drug-likeness (QED) is 0.872. The molecule has 5 nitrogen and oxygen atoms in total. The molecule has 1 aliphatic heterocycles. The SMILES string of the molecule is S=c1[nH]nc(N2CCN(C3CC3)CC2)n1C1CCCCC1. The largest absolute Gasteiger partial charge is 0.338 e. The fraction of sp³-hybridized carbons (Fsp3) is 0.867. The number of aromatic nitrogens is 3. The number of rotatable bonds is 3. The Hall–Kier alpha value is -0.880. The van der Waals surface area contributed by atoms with E-state index in [1.165, 1.54) is 58.0 Å². The van der Waals surface area contributed by atoms with Crippen molar-refractivity contribution in [3.8, 4) is 0 Å². The molecule has 2 saturated carbocycles. The molecule has 3 fully saturated rings. The second-order valence-electron chi connectivity index (χ2n) is 6.74. The molecule has 2 heterocycles. The van der Waals surface area contributed by atoms with E-state index in [2.05, 4.69) is 24.6 Å². The summed E-state index contributed by atoms with van der Waals surface area (Å²) in [6.07, 6.45) is 9.34. The summed E-state index contributed by atoms with van der Waals surface area (Å²) in [6.45, 7) is 4.52. The van der Waals surface area contributed by atoms with E-state index >= 15 is 0 Å². The van der Waals surface area contributed by atoms with Gasteiger partial charge in [-0.05, 0) is 37.9 Å². The number of piperazine rings is 1. The van der Waals surface area contributed by atoms with Gasteiger partial charge in [0.25, 0.3) is 0 Å². The minimum atomic E-state index is 0.557. The number of anilines is 1. The van der Waals surface area contributed by atoms with Gasteiger partial charge in [-0.25, -0.2) is 5.10 Å². The first-order valence-corrected chi connectivity index (χ1v) is 8.89. The molecule has 21 heavy (non-hydrogen) atoms. The molecule has 6 heteroatoms. The predicted octanol–water partition coefficient (Wildman–Crippen LogP) is 2.73. The fourth-order valence-corrected chi connectivity index (χ4v) is 4.19. The van der Waals surface area contributed by atoms with Crippen LogP contribution in [0.3, 0.4) is 0 Å². The molecule has 3 aliphatic rings. The molecule has 1 saturated heterocycles. The van der Waals surface area contributed by atoms with E-state index in [-0.39, 0.29) is 0 Å². The van der Waals surface area contributed by atoms with Crippen LogP contribution in [0.5, 0.6) is 0 Å². The lowest BCUT2D eigenvalue weighted by Gasteiger charge is -2.36. The van der Waals surface area contributed by atoms with Crippen molar-refractivity contribution in [3.63, 3.8) is 0 Å². The van der Waals surface area contributed by atoms with E-state index in [1.807, 2.05) is 0 Å². The van der Waals surface area contributed by atoms with Gasteiger partial charge in [0, 0.05) is 38.3 Å². The molecule has 1 N–H and O–H groups in total. The minimum Gasteiger partial charge on any atom is -0.338 e. The second-order valence-corrected chi connectivity index (χ2v) is 7.13. The maximum absolute atomic E-state index is 5.51. The van der Waals surface area contributed by atoms with Gasteiger partial charge >= 0.3 is 0 Å². The van der Waals surface area contributed by atoms with Crippen LogP contribution in [0.25, 0.3) is 0 Å². The van der Waals surface area contributed by atoms with Gasteiger partial charge in [0.15, 0.2) is 4.77 Å². The second kappa shape index (κ2) is 5.72. The maximum Gasteiger partial charge on any atom is 0.226 e. The summed E-state index contributed by atoms with van der Waals surface area (Å²) in [5, 5.41) is 7.59. The molecule has 4 rings (SSSR count). The number of hydrogen-bond acceptors (Lipinski definition) is 4. The molecule has 1 aromatic rings. The van der Waals surface area contributed by atoms with E-state index in [0.717, 1.165) is 29.9 Å². The van der Waals surface area contributed by atoms with Crippen molar-refractivity contribution in [2.75, 3.05) is 31.1 Å². The molecular formula is C15H25N5S. The van der Waals surface area contributed by atoms with Crippen LogP contribution in [0.2, 0.25) is 0 Å². The molecule has 2 aliphatic carbocycles. The number of nitrogens with zero attached hydrogens (tertiary/aromatic N) is 4. The fourth-order valence-electron chi connectivity index (χ4n) is 3.91. The van der Waals surface area contributed by atoms with Gasteiger partial charge in [0.05, 0.1) is 0 Å². The molecular weight excluding hydrogens is 282 g/mol. The zero-order valence-corrected chi connectivity index (χ0v) is 13.4. The highest BCUT2D eigenvalue weighted by Gasteiger charge is 2.32. The molecule has 0 bridgehead atoms. The van der Waals surface area contributed by atoms with Gasteiger partial charge in [0.2, 0.25) is 5.95 Å². The average molecular weight is 307 g/mol. The third kappa shape index (κ3) is 2.75. The van der Waals surface area contributed by atoms with E-state index in [4.69, 9.17) is 12.2 Å². The first-order chi connectivity index (χ1) is 10.3. The van der Waals surface area contributed by atoms with Crippen LogP contribution in [0, 0.1) is 4.77 Å². The van der Waals surface area contributed by atoms with E-state index < -0.39 is 0 Å². The van der Waals surface area contributed by atoms with Crippen molar-refractivity contribution in [1.82, 2.24) is 19.7 Å². The van der Waals surface area contributed by atoms with Crippen molar-refractivity contribution in [1.29, 1.82) is 0 Å². The Morgan fingerprint density at radius 1 is 0.905 bits per heavy atom. The van der Waals surface area contributed by atoms with Crippen LogP contribution in [-0.2, 0) is 0 Å². The highest BCUT2D eigenvalue weighted by molar-refractivity contribution is 7.71. The van der Waals surface area contributed by atoms with Crippen LogP contribution >= 0.6 is 12.2 Å². The highest BCUT2D eigenvalue weighted by atomic mass is 32.1. The highest BCUT2D eigenvalue weighted by Crippen LogP contribution is 2.32. The summed E-state index contributed by atoms with van der Waals surface area (Å²) in [5.74, 6) is 1.09. The molecule has 0 radical (unpaired) electrons. The summed E-state index contributed by atoms with van der Waals surface area (Å²) in [5.41, 5.74) is 0. The lowest BCUT2D eigenvalue weighted by molar-refractivity contribution is 0.245. The van der Waals surface area contributed by atoms with Gasteiger partial charge in [0.1, 0.15) is 0 Å². The monoisotopic (exact) mass is 307 g/mol. The van der Waals surface area contributed by atoms with Crippen molar-refractivity contribution >= 4 is 18.2 Å². The number of hydrogen-bond donors (Lipinski definition) is 1. The first kappa shape index (κ1) is 13.8. The Labute approximate surface area is 131 Å². The van der Waals surface area contributed by atoms with E-state index in [9.17, 15) is 0 Å². The normalized spacial score (nSPS) is 25.4. The third-order valence-corrected chi connectivity index (χ3v) is 5.57. The number of aromatic amines is 1. The number of H-pyrrole nitrogens is 1. The van der Waals surface area contributed by atoms with Crippen LogP contribution < -0.4 is 4.90 Å². The van der Waals surface area contributed by atoms with Crippen LogP contribution in [0.1, 0.15) is 51.0 Å². The van der Waals surface area contributed by atoms with Gasteiger partial charge < -0.3 is 4.90 Å². The number of nitrogens with one attached hydrogen (secondary N) is 1. The van der Waals surface area contributed by atoms with Crippen molar-refractivity contribution < 1.29 is 0 Å². The lowest BCUT2D eigenvalue weighted by Crippen LogP contribution is -2.48. The molecule has 0 aromatic carbocycles. The predicted molar refractivity (Wildman–Crippen MR) is 86.3 cm³/mol.